The standard InChI is InChI=1S/C9H13F5N2O/c1-6-5-15(2)3-4-16(6)7(17)8(10,11)9(12,13)14/h6H,3-5H2,1-2H3. The molecular weight excluding hydrogens is 247 g/mol. The molecule has 0 spiro atoms. The highest BCUT2D eigenvalue weighted by atomic mass is 19.4. The van der Waals surface area contributed by atoms with E-state index in [0.717, 1.165) is 0 Å². The zero-order valence-corrected chi connectivity index (χ0v) is 9.39. The van der Waals surface area contributed by atoms with Crippen molar-refractivity contribution in [1.29, 1.82) is 0 Å². The van der Waals surface area contributed by atoms with Crippen molar-refractivity contribution in [3.63, 3.8) is 0 Å². The minimum Gasteiger partial charge on any atom is -0.332 e. The van der Waals surface area contributed by atoms with Gasteiger partial charge in [0.25, 0.3) is 0 Å². The summed E-state index contributed by atoms with van der Waals surface area (Å²) in [7, 11) is 1.71. The van der Waals surface area contributed by atoms with Gasteiger partial charge >= 0.3 is 18.0 Å². The van der Waals surface area contributed by atoms with Crippen molar-refractivity contribution >= 4 is 5.91 Å². The van der Waals surface area contributed by atoms with Gasteiger partial charge in [0.2, 0.25) is 0 Å². The third-order valence-electron chi connectivity index (χ3n) is 2.72. The lowest BCUT2D eigenvalue weighted by Gasteiger charge is -2.39. The molecule has 1 unspecified atom stereocenters. The highest BCUT2D eigenvalue weighted by Gasteiger charge is 2.65. The molecular formula is C9H13F5N2O. The van der Waals surface area contributed by atoms with Crippen molar-refractivity contribution in [2.75, 3.05) is 26.7 Å². The Morgan fingerprint density at radius 2 is 1.71 bits per heavy atom. The lowest BCUT2D eigenvalue weighted by Crippen LogP contribution is -2.60. The van der Waals surface area contributed by atoms with Crippen molar-refractivity contribution in [2.24, 2.45) is 0 Å². The summed E-state index contributed by atoms with van der Waals surface area (Å²) in [5, 5.41) is 0. The number of likely N-dealkylation sites (N-methyl/N-ethyl adjacent to an activating group) is 1. The summed E-state index contributed by atoms with van der Waals surface area (Å²) in [6, 6.07) is -0.658. The second-order valence-corrected chi connectivity index (χ2v) is 4.18. The Bertz CT molecular complexity index is 304. The van der Waals surface area contributed by atoms with Crippen LogP contribution in [0.3, 0.4) is 0 Å². The van der Waals surface area contributed by atoms with Gasteiger partial charge in [0.05, 0.1) is 0 Å². The van der Waals surface area contributed by atoms with Crippen LogP contribution in [-0.2, 0) is 4.79 Å². The summed E-state index contributed by atoms with van der Waals surface area (Å²) in [5.74, 6) is -7.47. The first-order valence-corrected chi connectivity index (χ1v) is 5.01. The molecule has 0 saturated carbocycles. The lowest BCUT2D eigenvalue weighted by molar-refractivity contribution is -0.275. The van der Waals surface area contributed by atoms with E-state index in [-0.39, 0.29) is 19.6 Å². The number of hydrogen-bond donors (Lipinski definition) is 0. The van der Waals surface area contributed by atoms with Crippen molar-refractivity contribution in [2.45, 2.75) is 25.1 Å². The fourth-order valence-electron chi connectivity index (χ4n) is 1.74. The second kappa shape index (κ2) is 4.40. The van der Waals surface area contributed by atoms with Crippen molar-refractivity contribution in [3.8, 4) is 0 Å². The molecule has 0 N–H and O–H groups in total. The summed E-state index contributed by atoms with van der Waals surface area (Å²) in [4.78, 5) is 13.6. The zero-order valence-electron chi connectivity index (χ0n) is 9.39. The maximum atomic E-state index is 12.8. The summed E-state index contributed by atoms with van der Waals surface area (Å²) >= 11 is 0. The first-order chi connectivity index (χ1) is 7.57. The van der Waals surface area contributed by atoms with Gasteiger partial charge in [-0.1, -0.05) is 0 Å². The summed E-state index contributed by atoms with van der Waals surface area (Å²) in [6.07, 6.45) is -5.84. The summed E-state index contributed by atoms with van der Waals surface area (Å²) in [5.41, 5.74) is 0. The van der Waals surface area contributed by atoms with Crippen LogP contribution in [0.4, 0.5) is 22.0 Å². The van der Waals surface area contributed by atoms with E-state index in [4.69, 9.17) is 0 Å². The van der Waals surface area contributed by atoms with Gasteiger partial charge in [0, 0.05) is 25.7 Å². The van der Waals surface area contributed by atoms with Crippen LogP contribution >= 0.6 is 0 Å². The number of alkyl halides is 5. The van der Waals surface area contributed by atoms with Crippen LogP contribution in [0.5, 0.6) is 0 Å². The Labute approximate surface area is 95.2 Å². The maximum Gasteiger partial charge on any atom is 0.463 e. The monoisotopic (exact) mass is 260 g/mol. The zero-order chi connectivity index (χ0) is 13.4. The lowest BCUT2D eigenvalue weighted by atomic mass is 10.1. The first-order valence-electron chi connectivity index (χ1n) is 5.01. The number of nitrogens with zero attached hydrogens (tertiary/aromatic N) is 2. The van der Waals surface area contributed by atoms with Gasteiger partial charge in [-0.3, -0.25) is 4.79 Å². The van der Waals surface area contributed by atoms with Gasteiger partial charge < -0.3 is 9.80 Å². The van der Waals surface area contributed by atoms with Crippen LogP contribution < -0.4 is 0 Å². The normalized spacial score (nSPS) is 23.9. The van der Waals surface area contributed by atoms with Crippen molar-refractivity contribution in [3.05, 3.63) is 0 Å². The minimum absolute atomic E-state index is 0.123. The fraction of sp³-hybridized carbons (Fsp3) is 0.889. The Morgan fingerprint density at radius 3 is 2.12 bits per heavy atom. The molecule has 0 aliphatic carbocycles. The third kappa shape index (κ3) is 2.67. The highest BCUT2D eigenvalue weighted by molar-refractivity contribution is 5.84. The molecule has 0 bridgehead atoms. The smallest absolute Gasteiger partial charge is 0.332 e. The van der Waals surface area contributed by atoms with E-state index < -0.39 is 24.0 Å². The molecule has 0 aromatic heterocycles. The van der Waals surface area contributed by atoms with E-state index in [2.05, 4.69) is 0 Å². The number of piperazine rings is 1. The molecule has 1 saturated heterocycles. The number of amides is 1. The number of halogens is 5. The topological polar surface area (TPSA) is 23.6 Å². The Hall–Kier alpha value is -0.920. The van der Waals surface area contributed by atoms with Crippen molar-refractivity contribution < 1.29 is 26.7 Å². The second-order valence-electron chi connectivity index (χ2n) is 4.18. The van der Waals surface area contributed by atoms with Crippen LogP contribution in [0.1, 0.15) is 6.92 Å². The summed E-state index contributed by atoms with van der Waals surface area (Å²) in [6.45, 7) is 1.88. The Balaban J connectivity index is 2.83. The molecule has 1 atom stereocenters. The molecule has 3 nitrogen and oxygen atoms in total. The molecule has 1 heterocycles. The van der Waals surface area contributed by atoms with Gasteiger partial charge in [-0.15, -0.1) is 0 Å². The quantitative estimate of drug-likeness (QED) is 0.664. The predicted octanol–water partition coefficient (Wildman–Crippen LogP) is 1.35. The molecule has 1 fully saturated rings. The average molecular weight is 260 g/mol. The van der Waals surface area contributed by atoms with E-state index >= 15 is 0 Å². The SMILES string of the molecule is CC1CN(C)CCN1C(=O)C(F)(F)C(F)(F)F. The average Bonchev–Trinajstić information content (AvgIpc) is 2.14. The molecule has 8 heteroatoms. The van der Waals surface area contributed by atoms with Crippen LogP contribution in [-0.4, -0.2) is 60.5 Å². The molecule has 100 valence electrons. The van der Waals surface area contributed by atoms with E-state index in [1.165, 1.54) is 6.92 Å². The van der Waals surface area contributed by atoms with Gasteiger partial charge in [-0.05, 0) is 14.0 Å². The van der Waals surface area contributed by atoms with E-state index in [1.807, 2.05) is 0 Å². The van der Waals surface area contributed by atoms with Gasteiger partial charge in [-0.25, -0.2) is 0 Å². The van der Waals surface area contributed by atoms with E-state index in [9.17, 15) is 26.7 Å². The molecule has 1 aliphatic rings. The number of hydrogen-bond acceptors (Lipinski definition) is 2. The van der Waals surface area contributed by atoms with E-state index in [0.29, 0.717) is 4.90 Å². The van der Waals surface area contributed by atoms with Crippen molar-refractivity contribution in [1.82, 2.24) is 9.80 Å². The Morgan fingerprint density at radius 1 is 1.18 bits per heavy atom. The fourth-order valence-corrected chi connectivity index (χ4v) is 1.74. The first kappa shape index (κ1) is 14.1. The van der Waals surface area contributed by atoms with Crippen LogP contribution in [0, 0.1) is 0 Å². The largest absolute Gasteiger partial charge is 0.463 e. The molecule has 1 rings (SSSR count). The summed E-state index contributed by atoms with van der Waals surface area (Å²) < 4.78 is 61.8. The van der Waals surface area contributed by atoms with Gasteiger partial charge in [0.15, 0.2) is 0 Å². The Kier molecular flexibility index (Phi) is 3.66. The maximum absolute atomic E-state index is 12.8. The predicted molar refractivity (Wildman–Crippen MR) is 49.7 cm³/mol. The van der Waals surface area contributed by atoms with E-state index in [1.54, 1.807) is 11.9 Å². The highest BCUT2D eigenvalue weighted by Crippen LogP contribution is 2.37. The van der Waals surface area contributed by atoms with Gasteiger partial charge in [-0.2, -0.15) is 22.0 Å². The number of rotatable bonds is 1. The van der Waals surface area contributed by atoms with Crippen LogP contribution in [0.25, 0.3) is 0 Å². The molecule has 1 amide bonds. The third-order valence-corrected chi connectivity index (χ3v) is 2.72. The molecule has 0 aromatic carbocycles. The molecule has 0 radical (unpaired) electrons. The van der Waals surface area contributed by atoms with Crippen LogP contribution in [0.2, 0.25) is 0 Å². The number of carbonyl (C=O) groups is 1. The van der Waals surface area contributed by atoms with Crippen LogP contribution in [0.15, 0.2) is 0 Å². The van der Waals surface area contributed by atoms with Gasteiger partial charge in [0.1, 0.15) is 0 Å². The number of carbonyl (C=O) groups excluding carboxylic acids is 1. The molecule has 0 aromatic rings. The molecule has 1 aliphatic heterocycles. The molecule has 17 heavy (non-hydrogen) atoms. The minimum atomic E-state index is -5.84.